The summed E-state index contributed by atoms with van der Waals surface area (Å²) >= 11 is 7.51. The number of aromatic nitrogens is 2. The summed E-state index contributed by atoms with van der Waals surface area (Å²) in [7, 11) is -3.77. The molecule has 0 spiro atoms. The molecule has 0 fully saturated rings. The number of nitrogens with zero attached hydrogens (tertiary/aromatic N) is 2. The molecule has 3 aromatic rings. The van der Waals surface area contributed by atoms with Crippen LogP contribution in [-0.4, -0.2) is 17.8 Å². The second-order valence-corrected chi connectivity index (χ2v) is 7.46. The van der Waals surface area contributed by atoms with Crippen LogP contribution in [0.4, 0.5) is 0 Å². The molecule has 0 bridgehead atoms. The minimum Gasteiger partial charge on any atom is -0.288 e. The van der Waals surface area contributed by atoms with Crippen LogP contribution in [0, 0.1) is 0 Å². The number of halogens is 1. The average molecular weight is 342 g/mol. The van der Waals surface area contributed by atoms with Crippen molar-refractivity contribution in [2.24, 2.45) is 0 Å². The quantitative estimate of drug-likeness (QED) is 0.793. The van der Waals surface area contributed by atoms with Crippen LogP contribution in [0.1, 0.15) is 17.8 Å². The van der Waals surface area contributed by atoms with E-state index in [0.717, 1.165) is 4.88 Å². The Morgan fingerprint density at radius 1 is 1.33 bits per heavy atom. The maximum Gasteiger partial charge on any atom is 0.260 e. The Bertz CT molecular complexity index is 872. The van der Waals surface area contributed by atoms with Crippen LogP contribution in [0.5, 0.6) is 0 Å². The average Bonchev–Trinajstić information content (AvgIpc) is 3.04. The zero-order valence-electron chi connectivity index (χ0n) is 11.0. The normalized spacial score (nSPS) is 13.6. The Balaban J connectivity index is 2.03. The summed E-state index contributed by atoms with van der Waals surface area (Å²) in [6.07, 6.45) is 1.62. The van der Waals surface area contributed by atoms with Crippen LogP contribution in [0.3, 0.4) is 0 Å². The van der Waals surface area contributed by atoms with Crippen LogP contribution in [0.25, 0.3) is 5.65 Å². The topological polar surface area (TPSA) is 63.5 Å². The van der Waals surface area contributed by atoms with Crippen molar-refractivity contribution in [3.63, 3.8) is 0 Å². The minimum absolute atomic E-state index is 0.0351. The van der Waals surface area contributed by atoms with Crippen molar-refractivity contribution in [2.75, 3.05) is 0 Å². The molecule has 5 nitrogen and oxygen atoms in total. The molecule has 0 aliphatic carbocycles. The van der Waals surface area contributed by atoms with E-state index >= 15 is 0 Å². The molecule has 21 heavy (non-hydrogen) atoms. The molecule has 0 aromatic carbocycles. The molecule has 110 valence electrons. The van der Waals surface area contributed by atoms with Crippen molar-refractivity contribution >= 4 is 38.6 Å². The van der Waals surface area contributed by atoms with Gasteiger partial charge in [-0.25, -0.2) is 18.1 Å². The second-order valence-electron chi connectivity index (χ2n) is 4.50. The largest absolute Gasteiger partial charge is 0.288 e. The van der Waals surface area contributed by atoms with Gasteiger partial charge in [-0.3, -0.25) is 4.40 Å². The number of rotatable bonds is 4. The monoisotopic (exact) mass is 341 g/mol. The van der Waals surface area contributed by atoms with Gasteiger partial charge in [0.05, 0.1) is 6.04 Å². The molecule has 1 N–H and O–H groups in total. The van der Waals surface area contributed by atoms with Gasteiger partial charge in [-0.15, -0.1) is 11.3 Å². The summed E-state index contributed by atoms with van der Waals surface area (Å²) in [5.41, 5.74) is 0.492. The summed E-state index contributed by atoms with van der Waals surface area (Å²) in [5.74, 6) is 0. The molecular weight excluding hydrogens is 330 g/mol. The molecule has 0 radical (unpaired) electrons. The number of nitrogens with one attached hydrogen (secondary N) is 1. The Morgan fingerprint density at radius 2 is 2.14 bits per heavy atom. The SMILES string of the molecule is CC(NS(=O)(=O)c1c(Cl)nc2ccccn12)c1cccs1. The number of pyridine rings is 1. The lowest BCUT2D eigenvalue weighted by molar-refractivity contribution is 0.563. The highest BCUT2D eigenvalue weighted by molar-refractivity contribution is 7.89. The Labute approximate surface area is 131 Å². The molecule has 3 rings (SSSR count). The predicted molar refractivity (Wildman–Crippen MR) is 83.3 cm³/mol. The Hall–Kier alpha value is -1.41. The zero-order chi connectivity index (χ0) is 15.0. The summed E-state index contributed by atoms with van der Waals surface area (Å²) in [6, 6.07) is 8.64. The number of hydrogen-bond acceptors (Lipinski definition) is 4. The zero-order valence-corrected chi connectivity index (χ0v) is 13.4. The van der Waals surface area contributed by atoms with Gasteiger partial charge in [0.2, 0.25) is 0 Å². The number of sulfonamides is 1. The minimum atomic E-state index is -3.77. The molecule has 3 aromatic heterocycles. The van der Waals surface area contributed by atoms with Crippen molar-refractivity contribution in [1.82, 2.24) is 14.1 Å². The first-order valence-corrected chi connectivity index (χ1v) is 8.91. The highest BCUT2D eigenvalue weighted by Gasteiger charge is 2.26. The summed E-state index contributed by atoms with van der Waals surface area (Å²) in [6.45, 7) is 1.79. The van der Waals surface area contributed by atoms with E-state index in [1.807, 2.05) is 17.5 Å². The molecular formula is C13H12ClN3O2S2. The lowest BCUT2D eigenvalue weighted by Crippen LogP contribution is -2.27. The predicted octanol–water partition coefficient (Wildman–Crippen LogP) is 3.09. The van der Waals surface area contributed by atoms with Gasteiger partial charge in [0.1, 0.15) is 5.65 Å². The summed E-state index contributed by atoms with van der Waals surface area (Å²) in [4.78, 5) is 5.00. The molecule has 0 aliphatic rings. The number of imidazole rings is 1. The molecule has 8 heteroatoms. The maximum atomic E-state index is 12.6. The molecule has 0 saturated heterocycles. The van der Waals surface area contributed by atoms with Gasteiger partial charge in [-0.2, -0.15) is 0 Å². The summed E-state index contributed by atoms with van der Waals surface area (Å²) in [5, 5.41) is 1.83. The van der Waals surface area contributed by atoms with Gasteiger partial charge in [-0.1, -0.05) is 23.7 Å². The molecule has 0 amide bonds. The van der Waals surface area contributed by atoms with Crippen molar-refractivity contribution in [3.8, 4) is 0 Å². The third-order valence-electron chi connectivity index (χ3n) is 3.00. The highest BCUT2D eigenvalue weighted by atomic mass is 35.5. The summed E-state index contributed by atoms with van der Waals surface area (Å²) < 4.78 is 29.3. The number of thiophene rings is 1. The van der Waals surface area contributed by atoms with Crippen LogP contribution >= 0.6 is 22.9 Å². The lowest BCUT2D eigenvalue weighted by atomic mass is 10.3. The van der Waals surface area contributed by atoms with Gasteiger partial charge >= 0.3 is 0 Å². The second kappa shape index (κ2) is 5.42. The van der Waals surface area contributed by atoms with Crippen LogP contribution < -0.4 is 4.72 Å². The molecule has 1 unspecified atom stereocenters. The fraction of sp³-hybridized carbons (Fsp3) is 0.154. The first-order valence-electron chi connectivity index (χ1n) is 6.17. The maximum absolute atomic E-state index is 12.6. The van der Waals surface area contributed by atoms with E-state index in [0.29, 0.717) is 5.65 Å². The van der Waals surface area contributed by atoms with E-state index in [-0.39, 0.29) is 16.2 Å². The van der Waals surface area contributed by atoms with E-state index in [1.165, 1.54) is 15.7 Å². The fourth-order valence-corrected chi connectivity index (χ4v) is 4.75. The van der Waals surface area contributed by atoms with E-state index in [2.05, 4.69) is 9.71 Å². The van der Waals surface area contributed by atoms with Crippen LogP contribution in [0.2, 0.25) is 5.15 Å². The van der Waals surface area contributed by atoms with Gasteiger partial charge < -0.3 is 0 Å². The third kappa shape index (κ3) is 2.69. The van der Waals surface area contributed by atoms with Gasteiger partial charge in [0.15, 0.2) is 10.2 Å². The fourth-order valence-electron chi connectivity index (χ4n) is 2.07. The number of hydrogen-bond donors (Lipinski definition) is 1. The van der Waals surface area contributed by atoms with Crippen molar-refractivity contribution in [2.45, 2.75) is 18.0 Å². The van der Waals surface area contributed by atoms with Crippen LogP contribution in [-0.2, 0) is 10.0 Å². The Kier molecular flexibility index (Phi) is 3.75. The molecule has 1 atom stereocenters. The van der Waals surface area contributed by atoms with Gasteiger partial charge in [0.25, 0.3) is 10.0 Å². The highest BCUT2D eigenvalue weighted by Crippen LogP contribution is 2.25. The Morgan fingerprint density at radius 3 is 2.86 bits per heavy atom. The van der Waals surface area contributed by atoms with Crippen molar-refractivity contribution < 1.29 is 8.42 Å². The van der Waals surface area contributed by atoms with E-state index in [4.69, 9.17) is 11.6 Å². The molecule has 0 saturated carbocycles. The molecule has 0 aliphatic heterocycles. The standard InChI is InChI=1S/C13H12ClN3O2S2/c1-9(10-5-4-8-20-10)16-21(18,19)13-12(14)15-11-6-2-3-7-17(11)13/h2-9,16H,1H3. The first kappa shape index (κ1) is 14.5. The van der Waals surface area contributed by atoms with Gasteiger partial charge in [-0.05, 0) is 30.5 Å². The number of fused-ring (bicyclic) bond motifs is 1. The third-order valence-corrected chi connectivity index (χ3v) is 6.00. The molecule has 3 heterocycles. The van der Waals surface area contributed by atoms with Crippen molar-refractivity contribution in [3.05, 3.63) is 51.9 Å². The smallest absolute Gasteiger partial charge is 0.260 e. The van der Waals surface area contributed by atoms with E-state index in [9.17, 15) is 8.42 Å². The van der Waals surface area contributed by atoms with Gasteiger partial charge in [0, 0.05) is 11.1 Å². The first-order chi connectivity index (χ1) is 9.99. The van der Waals surface area contributed by atoms with E-state index in [1.54, 1.807) is 31.3 Å². The van der Waals surface area contributed by atoms with E-state index < -0.39 is 10.0 Å². The van der Waals surface area contributed by atoms with Crippen LogP contribution in [0.15, 0.2) is 46.9 Å². The lowest BCUT2D eigenvalue weighted by Gasteiger charge is -2.12. The van der Waals surface area contributed by atoms with Crippen molar-refractivity contribution in [1.29, 1.82) is 0 Å².